The number of rotatable bonds is 0. The topological polar surface area (TPSA) is 0 Å². The molecule has 0 heterocycles. The molecule has 0 aliphatic carbocycles. The Bertz CT molecular complexity index is 153. The average molecular weight is 187 g/mol. The molecule has 0 fully saturated rings. The zero-order valence-electron chi connectivity index (χ0n) is 5.91. The molecule has 0 unspecified atom stereocenters. The predicted molar refractivity (Wildman–Crippen MR) is 43.7 cm³/mol. The fraction of sp³-hybridized carbons (Fsp3) is 0.143. The third-order valence-corrected chi connectivity index (χ3v) is 1.26. The molecule has 0 spiro atoms. The molecule has 0 N–H and O–H groups in total. The van der Waals surface area contributed by atoms with Gasteiger partial charge in [0.2, 0.25) is 0 Å². The first-order chi connectivity index (χ1) is 3.79. The van der Waals surface area contributed by atoms with Gasteiger partial charge in [0.25, 0.3) is 0 Å². The van der Waals surface area contributed by atoms with Crippen molar-refractivity contribution in [2.24, 2.45) is 0 Å². The average Bonchev–Trinajstić information content (AvgIpc) is 1.77. The molecule has 0 amide bonds. The van der Waals surface area contributed by atoms with Crippen molar-refractivity contribution in [1.29, 1.82) is 0 Å². The van der Waals surface area contributed by atoms with E-state index in [4.69, 9.17) is 11.6 Å². The second-order valence-electron chi connectivity index (χ2n) is 1.80. The summed E-state index contributed by atoms with van der Waals surface area (Å²) in [6, 6.07) is 7.75. The molecule has 0 nitrogen and oxygen atoms in total. The van der Waals surface area contributed by atoms with Gasteiger partial charge in [0, 0.05) is 5.02 Å². The SMILES string of the molecule is Cc1ccc(Cl)cc1.F.F.F. The van der Waals surface area contributed by atoms with Crippen LogP contribution in [-0.2, 0) is 0 Å². The summed E-state index contributed by atoms with van der Waals surface area (Å²) in [6.07, 6.45) is 0. The second-order valence-corrected chi connectivity index (χ2v) is 2.23. The van der Waals surface area contributed by atoms with Crippen LogP contribution in [0.2, 0.25) is 5.02 Å². The lowest BCUT2D eigenvalue weighted by molar-refractivity contribution is 1.11. The van der Waals surface area contributed by atoms with Crippen molar-refractivity contribution < 1.29 is 14.1 Å². The molecule has 4 heteroatoms. The monoisotopic (exact) mass is 186 g/mol. The zero-order valence-corrected chi connectivity index (χ0v) is 6.67. The van der Waals surface area contributed by atoms with Crippen LogP contribution in [0.4, 0.5) is 14.1 Å². The van der Waals surface area contributed by atoms with E-state index in [0.29, 0.717) is 0 Å². The Morgan fingerprint density at radius 2 is 1.27 bits per heavy atom. The van der Waals surface area contributed by atoms with Crippen molar-refractivity contribution in [3.63, 3.8) is 0 Å². The first-order valence-electron chi connectivity index (χ1n) is 2.51. The highest BCUT2D eigenvalue weighted by molar-refractivity contribution is 6.30. The van der Waals surface area contributed by atoms with Gasteiger partial charge in [0.15, 0.2) is 0 Å². The van der Waals surface area contributed by atoms with Crippen molar-refractivity contribution in [1.82, 2.24) is 0 Å². The molecule has 0 aromatic heterocycles. The maximum atomic E-state index is 5.61. The highest BCUT2D eigenvalue weighted by Crippen LogP contribution is 2.07. The van der Waals surface area contributed by atoms with Crippen LogP contribution in [-0.4, -0.2) is 0 Å². The Morgan fingerprint density at radius 3 is 1.55 bits per heavy atom. The Hall–Kier alpha value is -0.700. The third kappa shape index (κ3) is 5.73. The predicted octanol–water partition coefficient (Wildman–Crippen LogP) is 3.11. The maximum absolute atomic E-state index is 5.61. The van der Waals surface area contributed by atoms with Crippen LogP contribution in [0.5, 0.6) is 0 Å². The van der Waals surface area contributed by atoms with Gasteiger partial charge in [0.1, 0.15) is 0 Å². The molecule has 0 radical (unpaired) electrons. The van der Waals surface area contributed by atoms with Gasteiger partial charge in [0.05, 0.1) is 0 Å². The molecule has 0 saturated carbocycles. The number of hydrogen-bond donors (Lipinski definition) is 0. The van der Waals surface area contributed by atoms with Gasteiger partial charge in [-0.2, -0.15) is 0 Å². The minimum Gasteiger partial charge on any atom is -0.269 e. The van der Waals surface area contributed by atoms with E-state index in [1.165, 1.54) is 5.56 Å². The van der Waals surface area contributed by atoms with E-state index >= 15 is 0 Å². The van der Waals surface area contributed by atoms with E-state index in [1.54, 1.807) is 0 Å². The fourth-order valence-corrected chi connectivity index (χ4v) is 0.659. The van der Waals surface area contributed by atoms with Gasteiger partial charge < -0.3 is 0 Å². The summed E-state index contributed by atoms with van der Waals surface area (Å²) in [5, 5.41) is 0.801. The fourth-order valence-electron chi connectivity index (χ4n) is 0.533. The quantitative estimate of drug-likeness (QED) is 0.584. The van der Waals surface area contributed by atoms with Crippen LogP contribution in [0.15, 0.2) is 24.3 Å². The molecule has 1 aromatic carbocycles. The summed E-state index contributed by atoms with van der Waals surface area (Å²) < 4.78 is 0. The smallest absolute Gasteiger partial charge is 0.0406 e. The van der Waals surface area contributed by atoms with Gasteiger partial charge >= 0.3 is 0 Å². The summed E-state index contributed by atoms with van der Waals surface area (Å²) in [5.41, 5.74) is 1.24. The Kier molecular flexibility index (Phi) is 11.3. The number of aryl methyl sites for hydroxylation is 1. The molecular weight excluding hydrogens is 177 g/mol. The van der Waals surface area contributed by atoms with E-state index < -0.39 is 0 Å². The Balaban J connectivity index is -0.000000213. The van der Waals surface area contributed by atoms with E-state index in [1.807, 2.05) is 31.2 Å². The Labute approximate surface area is 68.3 Å². The van der Waals surface area contributed by atoms with Crippen LogP contribution >= 0.6 is 11.6 Å². The molecule has 11 heavy (non-hydrogen) atoms. The first-order valence-corrected chi connectivity index (χ1v) is 2.89. The minimum absolute atomic E-state index is 0. The van der Waals surface area contributed by atoms with E-state index in [2.05, 4.69) is 0 Å². The number of halogens is 4. The third-order valence-electron chi connectivity index (χ3n) is 1.01. The normalized spacial score (nSPS) is 6.73. The molecule has 0 aliphatic rings. The van der Waals surface area contributed by atoms with E-state index in [0.717, 1.165) is 5.02 Å². The minimum atomic E-state index is 0. The molecule has 0 aliphatic heterocycles. The zero-order chi connectivity index (χ0) is 5.98. The van der Waals surface area contributed by atoms with Gasteiger partial charge in [-0.05, 0) is 19.1 Å². The molecule has 1 rings (SSSR count). The molecule has 0 saturated heterocycles. The highest BCUT2D eigenvalue weighted by Gasteiger charge is 1.81. The summed E-state index contributed by atoms with van der Waals surface area (Å²) in [4.78, 5) is 0. The lowest BCUT2D eigenvalue weighted by Crippen LogP contribution is -1.66. The first kappa shape index (κ1) is 16.7. The standard InChI is InChI=1S/C7H7Cl.3FH/c1-6-2-4-7(8)5-3-6;;;/h2-5H,1H3;3*1H. The highest BCUT2D eigenvalue weighted by atomic mass is 35.5. The molecule has 66 valence electrons. The van der Waals surface area contributed by atoms with Crippen LogP contribution < -0.4 is 0 Å². The maximum Gasteiger partial charge on any atom is 0.0406 e. The van der Waals surface area contributed by atoms with E-state index in [-0.39, 0.29) is 14.1 Å². The van der Waals surface area contributed by atoms with Crippen molar-refractivity contribution in [3.8, 4) is 0 Å². The van der Waals surface area contributed by atoms with Crippen LogP contribution in [0, 0.1) is 6.92 Å². The lowest BCUT2D eigenvalue weighted by atomic mass is 10.2. The Morgan fingerprint density at radius 1 is 0.909 bits per heavy atom. The van der Waals surface area contributed by atoms with Crippen LogP contribution in [0.25, 0.3) is 0 Å². The summed E-state index contributed by atoms with van der Waals surface area (Å²) >= 11 is 5.61. The summed E-state index contributed by atoms with van der Waals surface area (Å²) in [5.74, 6) is 0. The lowest BCUT2D eigenvalue weighted by Gasteiger charge is -1.88. The number of hydrogen-bond acceptors (Lipinski definition) is 0. The summed E-state index contributed by atoms with van der Waals surface area (Å²) in [6.45, 7) is 2.04. The van der Waals surface area contributed by atoms with Gasteiger partial charge in [-0.25, -0.2) is 0 Å². The van der Waals surface area contributed by atoms with Gasteiger partial charge in [-0.15, -0.1) is 0 Å². The van der Waals surface area contributed by atoms with Crippen LogP contribution in [0.1, 0.15) is 5.56 Å². The molecule has 0 bridgehead atoms. The van der Waals surface area contributed by atoms with Crippen molar-refractivity contribution >= 4 is 11.6 Å². The summed E-state index contributed by atoms with van der Waals surface area (Å²) in [7, 11) is 0. The van der Waals surface area contributed by atoms with Gasteiger partial charge in [-0.1, -0.05) is 29.3 Å². The van der Waals surface area contributed by atoms with E-state index in [9.17, 15) is 0 Å². The van der Waals surface area contributed by atoms with Crippen molar-refractivity contribution in [2.75, 3.05) is 0 Å². The number of benzene rings is 1. The second kappa shape index (κ2) is 7.41. The van der Waals surface area contributed by atoms with Crippen LogP contribution in [0.3, 0.4) is 0 Å². The molecule has 1 aromatic rings. The van der Waals surface area contributed by atoms with Crippen molar-refractivity contribution in [3.05, 3.63) is 34.9 Å². The van der Waals surface area contributed by atoms with Gasteiger partial charge in [-0.3, -0.25) is 14.1 Å². The van der Waals surface area contributed by atoms with Crippen molar-refractivity contribution in [2.45, 2.75) is 6.92 Å². The molecule has 0 atom stereocenters. The largest absolute Gasteiger partial charge is 0.269 e. The molecular formula is C7H10ClF3.